The molecule has 2 aromatic carbocycles. The highest BCUT2D eigenvalue weighted by Crippen LogP contribution is 2.35. The van der Waals surface area contributed by atoms with Crippen LogP contribution in [0.5, 0.6) is 5.75 Å². The van der Waals surface area contributed by atoms with E-state index in [4.69, 9.17) is 0 Å². The predicted octanol–water partition coefficient (Wildman–Crippen LogP) is 4.02. The van der Waals surface area contributed by atoms with Crippen LogP contribution in [-0.4, -0.2) is 20.9 Å². The molecule has 0 heterocycles. The van der Waals surface area contributed by atoms with Crippen LogP contribution in [-0.2, 0) is 6.61 Å². The zero-order valence-corrected chi connectivity index (χ0v) is 14.1. The molecule has 3 N–H and O–H groups in total. The second-order valence-electron chi connectivity index (χ2n) is 6.50. The van der Waals surface area contributed by atoms with Crippen molar-refractivity contribution in [2.75, 3.05) is 0 Å². The summed E-state index contributed by atoms with van der Waals surface area (Å²) in [5, 5.41) is 29.7. The van der Waals surface area contributed by atoms with E-state index in [2.05, 4.69) is 0 Å². The minimum atomic E-state index is -0.937. The van der Waals surface area contributed by atoms with E-state index in [1.54, 1.807) is 25.1 Å². The maximum absolute atomic E-state index is 10.7. The molecule has 3 nitrogen and oxygen atoms in total. The first kappa shape index (κ1) is 17.2. The quantitative estimate of drug-likeness (QED) is 0.740. The molecule has 0 radical (unpaired) electrons. The van der Waals surface area contributed by atoms with Gasteiger partial charge in [-0.3, -0.25) is 0 Å². The van der Waals surface area contributed by atoms with Crippen LogP contribution < -0.4 is 0 Å². The first-order chi connectivity index (χ1) is 12.0. The van der Waals surface area contributed by atoms with E-state index in [-0.39, 0.29) is 18.3 Å². The summed E-state index contributed by atoms with van der Waals surface area (Å²) in [6, 6.07) is 13.0. The summed E-state index contributed by atoms with van der Waals surface area (Å²) in [7, 11) is 0. The Morgan fingerprint density at radius 3 is 2.64 bits per heavy atom. The number of hydrogen-bond acceptors (Lipinski definition) is 3. The summed E-state index contributed by atoms with van der Waals surface area (Å²) < 4.78 is 0. The lowest BCUT2D eigenvalue weighted by atomic mass is 9.78. The summed E-state index contributed by atoms with van der Waals surface area (Å²) >= 11 is 0. The van der Waals surface area contributed by atoms with Crippen molar-refractivity contribution in [3.8, 4) is 5.75 Å². The van der Waals surface area contributed by atoms with Gasteiger partial charge < -0.3 is 15.3 Å². The molecule has 1 aliphatic carbocycles. The second kappa shape index (κ2) is 7.09. The summed E-state index contributed by atoms with van der Waals surface area (Å²) in [6.07, 6.45) is 11.5. The zero-order valence-electron chi connectivity index (χ0n) is 14.1. The topological polar surface area (TPSA) is 60.7 Å². The van der Waals surface area contributed by atoms with E-state index < -0.39 is 5.60 Å². The Balaban J connectivity index is 1.96. The lowest BCUT2D eigenvalue weighted by Crippen LogP contribution is -2.31. The fourth-order valence-corrected chi connectivity index (χ4v) is 3.16. The Labute approximate surface area is 147 Å². The van der Waals surface area contributed by atoms with Gasteiger partial charge in [-0.2, -0.15) is 0 Å². The van der Waals surface area contributed by atoms with Crippen molar-refractivity contribution in [2.24, 2.45) is 0 Å². The van der Waals surface area contributed by atoms with Gasteiger partial charge in [-0.05, 0) is 47.4 Å². The van der Waals surface area contributed by atoms with Crippen LogP contribution in [0.25, 0.3) is 12.2 Å². The van der Waals surface area contributed by atoms with Crippen LogP contribution in [0.1, 0.15) is 35.1 Å². The highest BCUT2D eigenvalue weighted by atomic mass is 16.3. The molecule has 0 bridgehead atoms. The van der Waals surface area contributed by atoms with Crippen molar-refractivity contribution in [1.29, 1.82) is 0 Å². The lowest BCUT2D eigenvalue weighted by Gasteiger charge is -2.31. The molecule has 0 aromatic heterocycles. The fraction of sp³-hybridized carbons (Fsp3) is 0.182. The molecule has 3 rings (SSSR count). The number of phenolic OH excluding ortho intramolecular Hbond substituents is 1. The molecule has 0 aliphatic heterocycles. The van der Waals surface area contributed by atoms with Crippen molar-refractivity contribution in [3.63, 3.8) is 0 Å². The Hall–Kier alpha value is -2.62. The molecule has 2 unspecified atom stereocenters. The molecule has 0 amide bonds. The zero-order chi connectivity index (χ0) is 17.9. The molecular weight excluding hydrogens is 312 g/mol. The SMILES string of the molecule is CC1(O)C=CC=CC1c1ccccc1/C=C/c1cc(O)cc(CO)c1. The van der Waals surface area contributed by atoms with Gasteiger partial charge in [0.15, 0.2) is 0 Å². The molecule has 128 valence electrons. The van der Waals surface area contributed by atoms with Crippen molar-refractivity contribution in [1.82, 2.24) is 0 Å². The number of aliphatic hydroxyl groups is 2. The molecule has 0 saturated heterocycles. The molecular formula is C22H22O3. The molecule has 2 atom stereocenters. The third-order valence-electron chi connectivity index (χ3n) is 4.45. The summed E-state index contributed by atoms with van der Waals surface area (Å²) in [6.45, 7) is 1.69. The lowest BCUT2D eigenvalue weighted by molar-refractivity contribution is 0.0945. The summed E-state index contributed by atoms with van der Waals surface area (Å²) in [5.41, 5.74) is 2.57. The number of allylic oxidation sites excluding steroid dienone is 2. The predicted molar refractivity (Wildman–Crippen MR) is 101 cm³/mol. The van der Waals surface area contributed by atoms with Gasteiger partial charge in [0.05, 0.1) is 12.2 Å². The van der Waals surface area contributed by atoms with E-state index in [1.807, 2.05) is 60.7 Å². The van der Waals surface area contributed by atoms with Gasteiger partial charge >= 0.3 is 0 Å². The van der Waals surface area contributed by atoms with Gasteiger partial charge in [-0.1, -0.05) is 60.7 Å². The van der Waals surface area contributed by atoms with Crippen molar-refractivity contribution in [2.45, 2.75) is 25.0 Å². The highest BCUT2D eigenvalue weighted by Gasteiger charge is 2.30. The largest absolute Gasteiger partial charge is 0.508 e. The van der Waals surface area contributed by atoms with E-state index in [9.17, 15) is 15.3 Å². The van der Waals surface area contributed by atoms with E-state index in [0.717, 1.165) is 16.7 Å². The number of aromatic hydroxyl groups is 1. The molecule has 1 aliphatic rings. The highest BCUT2D eigenvalue weighted by molar-refractivity contribution is 5.72. The van der Waals surface area contributed by atoms with Crippen LogP contribution in [0.15, 0.2) is 66.8 Å². The minimum Gasteiger partial charge on any atom is -0.508 e. The number of phenols is 1. The molecule has 0 fully saturated rings. The standard InChI is InChI=1S/C22H22O3/c1-22(25)11-5-4-8-21(22)20-7-3-2-6-18(20)10-9-16-12-17(15-23)14-19(24)13-16/h2-14,21,23-25H,15H2,1H3/b10-9+. The Bertz CT molecular complexity index is 844. The number of aliphatic hydroxyl groups excluding tert-OH is 1. The first-order valence-corrected chi connectivity index (χ1v) is 8.29. The Kier molecular flexibility index (Phi) is 4.88. The van der Waals surface area contributed by atoms with Gasteiger partial charge in [-0.15, -0.1) is 0 Å². The Morgan fingerprint density at radius 1 is 1.08 bits per heavy atom. The monoisotopic (exact) mass is 334 g/mol. The average Bonchev–Trinajstić information content (AvgIpc) is 2.59. The molecule has 3 heteroatoms. The third-order valence-corrected chi connectivity index (χ3v) is 4.45. The van der Waals surface area contributed by atoms with Gasteiger partial charge in [0.2, 0.25) is 0 Å². The number of benzene rings is 2. The van der Waals surface area contributed by atoms with E-state index >= 15 is 0 Å². The second-order valence-corrected chi connectivity index (χ2v) is 6.50. The minimum absolute atomic E-state index is 0.117. The number of hydrogen-bond donors (Lipinski definition) is 3. The van der Waals surface area contributed by atoms with Crippen molar-refractivity contribution < 1.29 is 15.3 Å². The summed E-state index contributed by atoms with van der Waals surface area (Å²) in [5.74, 6) is -0.00158. The Morgan fingerprint density at radius 2 is 1.88 bits per heavy atom. The maximum atomic E-state index is 10.7. The smallest absolute Gasteiger partial charge is 0.116 e. The third kappa shape index (κ3) is 3.90. The van der Waals surface area contributed by atoms with E-state index in [1.165, 1.54) is 0 Å². The maximum Gasteiger partial charge on any atom is 0.116 e. The van der Waals surface area contributed by atoms with Gasteiger partial charge in [0.1, 0.15) is 5.75 Å². The molecule has 0 spiro atoms. The first-order valence-electron chi connectivity index (χ1n) is 8.29. The molecule has 0 saturated carbocycles. The van der Waals surface area contributed by atoms with Crippen LogP contribution in [0.3, 0.4) is 0 Å². The summed E-state index contributed by atoms with van der Waals surface area (Å²) in [4.78, 5) is 0. The normalized spacial score (nSPS) is 22.6. The van der Waals surface area contributed by atoms with Crippen LogP contribution in [0.2, 0.25) is 0 Å². The van der Waals surface area contributed by atoms with Crippen LogP contribution >= 0.6 is 0 Å². The number of rotatable bonds is 4. The van der Waals surface area contributed by atoms with Gasteiger partial charge in [0.25, 0.3) is 0 Å². The van der Waals surface area contributed by atoms with Crippen molar-refractivity contribution in [3.05, 3.63) is 89.0 Å². The van der Waals surface area contributed by atoms with Crippen LogP contribution in [0, 0.1) is 0 Å². The van der Waals surface area contributed by atoms with E-state index in [0.29, 0.717) is 5.56 Å². The fourth-order valence-electron chi connectivity index (χ4n) is 3.16. The average molecular weight is 334 g/mol. The van der Waals surface area contributed by atoms with Crippen LogP contribution in [0.4, 0.5) is 0 Å². The van der Waals surface area contributed by atoms with Crippen molar-refractivity contribution >= 4 is 12.2 Å². The molecule has 2 aromatic rings. The van der Waals surface area contributed by atoms with Gasteiger partial charge in [0, 0.05) is 5.92 Å². The van der Waals surface area contributed by atoms with Gasteiger partial charge in [-0.25, -0.2) is 0 Å². The molecule has 25 heavy (non-hydrogen) atoms.